The van der Waals surface area contributed by atoms with Crippen LogP contribution in [-0.2, 0) is 0 Å². The van der Waals surface area contributed by atoms with Gasteiger partial charge >= 0.3 is 0 Å². The highest BCUT2D eigenvalue weighted by molar-refractivity contribution is 5.48. The third-order valence-electron chi connectivity index (χ3n) is 3.81. The summed E-state index contributed by atoms with van der Waals surface area (Å²) < 4.78 is 12.9. The summed E-state index contributed by atoms with van der Waals surface area (Å²) in [6.07, 6.45) is 1.09. The number of hydrogen-bond acceptors (Lipinski definition) is 2. The first-order valence-corrected chi connectivity index (χ1v) is 6.31. The molecule has 1 aliphatic heterocycles. The number of benzene rings is 1. The zero-order valence-corrected chi connectivity index (χ0v) is 10.8. The maximum absolute atomic E-state index is 12.9. The molecule has 1 aliphatic rings. The van der Waals surface area contributed by atoms with Crippen LogP contribution >= 0.6 is 0 Å². The Labute approximate surface area is 103 Å². The Bertz CT molecular complexity index is 376. The lowest BCUT2D eigenvalue weighted by molar-refractivity contribution is 0.285. The second-order valence-corrected chi connectivity index (χ2v) is 5.25. The number of hydrogen-bond donors (Lipinski definition) is 1. The largest absolute Gasteiger partial charge is 0.366 e. The Morgan fingerprint density at radius 1 is 1.41 bits per heavy atom. The molecule has 2 rings (SSSR count). The van der Waals surface area contributed by atoms with E-state index in [-0.39, 0.29) is 11.4 Å². The molecular weight excluding hydrogens is 215 g/mol. The Balaban J connectivity index is 2.20. The number of nitrogens with zero attached hydrogens (tertiary/aromatic N) is 1. The molecule has 2 atom stereocenters. The van der Waals surface area contributed by atoms with Crippen LogP contribution in [0.1, 0.15) is 27.2 Å². The molecule has 0 bridgehead atoms. The van der Waals surface area contributed by atoms with E-state index >= 15 is 0 Å². The molecule has 1 heterocycles. The molecular formula is C14H21FN2. The fraction of sp³-hybridized carbons (Fsp3) is 0.571. The van der Waals surface area contributed by atoms with Gasteiger partial charge in [-0.2, -0.15) is 0 Å². The minimum absolute atomic E-state index is 0.154. The third kappa shape index (κ3) is 2.60. The average molecular weight is 236 g/mol. The lowest BCUT2D eigenvalue weighted by Crippen LogP contribution is -2.62. The zero-order chi connectivity index (χ0) is 12.5. The molecule has 2 unspecified atom stereocenters. The molecule has 1 aromatic carbocycles. The van der Waals surface area contributed by atoms with E-state index in [9.17, 15) is 4.39 Å². The van der Waals surface area contributed by atoms with Crippen molar-refractivity contribution >= 4 is 5.69 Å². The SMILES string of the molecule is CCC1(C)CN(c2ccc(F)cc2)C(C)CN1. The van der Waals surface area contributed by atoms with Crippen LogP contribution in [0.15, 0.2) is 24.3 Å². The highest BCUT2D eigenvalue weighted by Crippen LogP contribution is 2.25. The molecule has 1 N–H and O–H groups in total. The van der Waals surface area contributed by atoms with Crippen LogP contribution in [0.5, 0.6) is 0 Å². The fourth-order valence-electron chi connectivity index (χ4n) is 2.31. The van der Waals surface area contributed by atoms with Gasteiger partial charge in [-0.25, -0.2) is 4.39 Å². The number of anilines is 1. The Morgan fingerprint density at radius 2 is 2.06 bits per heavy atom. The molecule has 0 aliphatic carbocycles. The van der Waals surface area contributed by atoms with Crippen molar-refractivity contribution in [1.29, 1.82) is 0 Å². The Kier molecular flexibility index (Phi) is 3.38. The van der Waals surface area contributed by atoms with Crippen molar-refractivity contribution < 1.29 is 4.39 Å². The minimum atomic E-state index is -0.171. The van der Waals surface area contributed by atoms with Gasteiger partial charge in [0.15, 0.2) is 0 Å². The maximum Gasteiger partial charge on any atom is 0.123 e. The molecule has 0 saturated carbocycles. The quantitative estimate of drug-likeness (QED) is 0.849. The van der Waals surface area contributed by atoms with Crippen LogP contribution in [0, 0.1) is 5.82 Å². The van der Waals surface area contributed by atoms with E-state index in [4.69, 9.17) is 0 Å². The van der Waals surface area contributed by atoms with Gasteiger partial charge in [-0.15, -0.1) is 0 Å². The number of nitrogens with one attached hydrogen (secondary N) is 1. The maximum atomic E-state index is 12.9. The summed E-state index contributed by atoms with van der Waals surface area (Å²) >= 11 is 0. The van der Waals surface area contributed by atoms with Gasteiger partial charge in [0.25, 0.3) is 0 Å². The first-order valence-electron chi connectivity index (χ1n) is 6.31. The summed E-state index contributed by atoms with van der Waals surface area (Å²) in [4.78, 5) is 2.36. The van der Waals surface area contributed by atoms with Gasteiger partial charge in [-0.3, -0.25) is 0 Å². The summed E-state index contributed by atoms with van der Waals surface area (Å²) in [5, 5.41) is 3.59. The van der Waals surface area contributed by atoms with Gasteiger partial charge in [0.05, 0.1) is 0 Å². The van der Waals surface area contributed by atoms with Gasteiger partial charge in [-0.1, -0.05) is 6.92 Å². The van der Waals surface area contributed by atoms with Crippen molar-refractivity contribution in [2.24, 2.45) is 0 Å². The number of rotatable bonds is 2. The summed E-state index contributed by atoms with van der Waals surface area (Å²) in [7, 11) is 0. The first kappa shape index (κ1) is 12.4. The molecule has 0 aromatic heterocycles. The molecule has 94 valence electrons. The van der Waals surface area contributed by atoms with Crippen molar-refractivity contribution in [2.45, 2.75) is 38.8 Å². The van der Waals surface area contributed by atoms with Crippen molar-refractivity contribution in [2.75, 3.05) is 18.0 Å². The standard InChI is InChI=1S/C14H21FN2/c1-4-14(3)10-17(11(2)9-16-14)13-7-5-12(15)6-8-13/h5-8,11,16H,4,9-10H2,1-3H3. The van der Waals surface area contributed by atoms with Gasteiger partial charge < -0.3 is 10.2 Å². The molecule has 17 heavy (non-hydrogen) atoms. The number of piperazine rings is 1. The first-order chi connectivity index (χ1) is 8.04. The van der Waals surface area contributed by atoms with E-state index in [1.807, 2.05) is 12.1 Å². The summed E-state index contributed by atoms with van der Waals surface area (Å²) in [5.41, 5.74) is 1.26. The summed E-state index contributed by atoms with van der Waals surface area (Å²) in [6, 6.07) is 7.25. The second-order valence-electron chi connectivity index (χ2n) is 5.25. The van der Waals surface area contributed by atoms with Crippen LogP contribution in [0.4, 0.5) is 10.1 Å². The van der Waals surface area contributed by atoms with Crippen LogP contribution in [0.25, 0.3) is 0 Å². The van der Waals surface area contributed by atoms with Gasteiger partial charge in [0, 0.05) is 30.4 Å². The molecule has 0 spiro atoms. The highest BCUT2D eigenvalue weighted by atomic mass is 19.1. The lowest BCUT2D eigenvalue weighted by atomic mass is 9.93. The average Bonchev–Trinajstić information content (AvgIpc) is 2.34. The molecule has 3 heteroatoms. The van der Waals surface area contributed by atoms with Crippen molar-refractivity contribution in [3.8, 4) is 0 Å². The normalized spacial score (nSPS) is 29.4. The van der Waals surface area contributed by atoms with Gasteiger partial charge in [0.1, 0.15) is 5.82 Å². The topological polar surface area (TPSA) is 15.3 Å². The molecule has 1 saturated heterocycles. The molecule has 0 radical (unpaired) electrons. The zero-order valence-electron chi connectivity index (χ0n) is 10.8. The molecule has 1 fully saturated rings. The third-order valence-corrected chi connectivity index (χ3v) is 3.81. The van der Waals surface area contributed by atoms with E-state index in [0.717, 1.165) is 25.2 Å². The van der Waals surface area contributed by atoms with Crippen molar-refractivity contribution in [3.63, 3.8) is 0 Å². The second kappa shape index (κ2) is 4.65. The monoisotopic (exact) mass is 236 g/mol. The molecule has 2 nitrogen and oxygen atoms in total. The van der Waals surface area contributed by atoms with Crippen LogP contribution in [-0.4, -0.2) is 24.7 Å². The fourth-order valence-corrected chi connectivity index (χ4v) is 2.31. The van der Waals surface area contributed by atoms with Crippen molar-refractivity contribution in [3.05, 3.63) is 30.1 Å². The van der Waals surface area contributed by atoms with E-state index in [0.29, 0.717) is 6.04 Å². The predicted octanol–water partition coefficient (Wildman–Crippen LogP) is 2.79. The summed E-state index contributed by atoms with van der Waals surface area (Å²) in [5.74, 6) is -0.171. The van der Waals surface area contributed by atoms with E-state index < -0.39 is 0 Å². The Hall–Kier alpha value is -1.09. The van der Waals surface area contributed by atoms with E-state index in [1.54, 1.807) is 0 Å². The lowest BCUT2D eigenvalue weighted by Gasteiger charge is -2.46. The van der Waals surface area contributed by atoms with E-state index in [2.05, 4.69) is 31.0 Å². The predicted molar refractivity (Wildman–Crippen MR) is 69.9 cm³/mol. The molecule has 0 amide bonds. The van der Waals surface area contributed by atoms with Crippen LogP contribution < -0.4 is 10.2 Å². The molecule has 1 aromatic rings. The summed E-state index contributed by atoms with van der Waals surface area (Å²) in [6.45, 7) is 8.59. The minimum Gasteiger partial charge on any atom is -0.366 e. The van der Waals surface area contributed by atoms with Gasteiger partial charge in [0.2, 0.25) is 0 Å². The van der Waals surface area contributed by atoms with Crippen LogP contribution in [0.2, 0.25) is 0 Å². The van der Waals surface area contributed by atoms with E-state index in [1.165, 1.54) is 12.1 Å². The smallest absolute Gasteiger partial charge is 0.123 e. The van der Waals surface area contributed by atoms with Crippen molar-refractivity contribution in [1.82, 2.24) is 5.32 Å². The van der Waals surface area contributed by atoms with Crippen LogP contribution in [0.3, 0.4) is 0 Å². The van der Waals surface area contributed by atoms with Gasteiger partial charge in [-0.05, 0) is 44.5 Å². The highest BCUT2D eigenvalue weighted by Gasteiger charge is 2.32. The number of halogens is 1. The Morgan fingerprint density at radius 3 is 2.65 bits per heavy atom.